The molecule has 2 N–H and O–H groups in total. The first kappa shape index (κ1) is 15.5. The van der Waals surface area contributed by atoms with E-state index in [1.807, 2.05) is 6.07 Å². The minimum Gasteiger partial charge on any atom is -0.313 e. The lowest BCUT2D eigenvalue weighted by atomic mass is 10.1. The Morgan fingerprint density at radius 3 is 2.25 bits per heavy atom. The first-order valence-electron chi connectivity index (χ1n) is 7.46. The van der Waals surface area contributed by atoms with E-state index in [4.69, 9.17) is 0 Å². The van der Waals surface area contributed by atoms with Crippen LogP contribution in [0.15, 0.2) is 35.2 Å². The molecule has 0 heterocycles. The Hall–Kier alpha value is -0.910. The van der Waals surface area contributed by atoms with Crippen LogP contribution in [0.1, 0.15) is 38.5 Å². The van der Waals surface area contributed by atoms with Crippen molar-refractivity contribution in [2.75, 3.05) is 13.1 Å². The third-order valence-corrected chi connectivity index (χ3v) is 5.24. The highest BCUT2D eigenvalue weighted by atomic mass is 32.2. The minimum absolute atomic E-state index is 0.328. The van der Waals surface area contributed by atoms with Crippen molar-refractivity contribution in [3.63, 3.8) is 0 Å². The molecule has 0 radical (unpaired) electrons. The molecule has 20 heavy (non-hydrogen) atoms. The highest BCUT2D eigenvalue weighted by Gasteiger charge is 2.14. The second-order valence-electron chi connectivity index (χ2n) is 5.35. The molecule has 1 aromatic carbocycles. The van der Waals surface area contributed by atoms with E-state index in [1.54, 1.807) is 24.3 Å². The summed E-state index contributed by atoms with van der Waals surface area (Å²) < 4.78 is 26.6. The molecule has 4 nitrogen and oxygen atoms in total. The third kappa shape index (κ3) is 4.89. The number of hydrogen-bond acceptors (Lipinski definition) is 3. The number of sulfonamides is 1. The lowest BCUT2D eigenvalue weighted by Gasteiger charge is -2.16. The van der Waals surface area contributed by atoms with E-state index in [1.165, 1.54) is 38.5 Å². The molecule has 0 atom stereocenters. The van der Waals surface area contributed by atoms with E-state index in [0.717, 1.165) is 0 Å². The average molecular weight is 296 g/mol. The van der Waals surface area contributed by atoms with Crippen molar-refractivity contribution < 1.29 is 8.42 Å². The number of hydrogen-bond donors (Lipinski definition) is 2. The average Bonchev–Trinajstić information content (AvgIpc) is 2.73. The van der Waals surface area contributed by atoms with E-state index in [9.17, 15) is 8.42 Å². The molecule has 1 aliphatic rings. The first-order valence-corrected chi connectivity index (χ1v) is 8.95. The fourth-order valence-corrected chi connectivity index (χ4v) is 3.68. The molecule has 0 aromatic heterocycles. The zero-order valence-electron chi connectivity index (χ0n) is 11.8. The molecule has 112 valence electrons. The second kappa shape index (κ2) is 7.76. The van der Waals surface area contributed by atoms with E-state index >= 15 is 0 Å². The van der Waals surface area contributed by atoms with Crippen LogP contribution in [0.5, 0.6) is 0 Å². The zero-order chi connectivity index (χ0) is 14.3. The smallest absolute Gasteiger partial charge is 0.240 e. The lowest BCUT2D eigenvalue weighted by molar-refractivity contribution is 0.461. The van der Waals surface area contributed by atoms with Crippen LogP contribution in [0.3, 0.4) is 0 Å². The minimum atomic E-state index is -3.36. The predicted octanol–water partition coefficient (Wildman–Crippen LogP) is 2.28. The van der Waals surface area contributed by atoms with Crippen molar-refractivity contribution in [3.8, 4) is 0 Å². The summed E-state index contributed by atoms with van der Waals surface area (Å²) in [6, 6.07) is 9.06. The highest BCUT2D eigenvalue weighted by Crippen LogP contribution is 2.16. The highest BCUT2D eigenvalue weighted by molar-refractivity contribution is 7.89. The molecule has 0 aliphatic heterocycles. The molecule has 1 aliphatic carbocycles. The Morgan fingerprint density at radius 1 is 0.950 bits per heavy atom. The quantitative estimate of drug-likeness (QED) is 0.625. The van der Waals surface area contributed by atoms with Gasteiger partial charge in [0.25, 0.3) is 0 Å². The Balaban J connectivity index is 1.72. The summed E-state index contributed by atoms with van der Waals surface area (Å²) in [5, 5.41) is 3.46. The van der Waals surface area contributed by atoms with Gasteiger partial charge in [0.1, 0.15) is 0 Å². The van der Waals surface area contributed by atoms with Crippen LogP contribution in [0, 0.1) is 0 Å². The molecule has 1 aromatic rings. The van der Waals surface area contributed by atoms with Gasteiger partial charge < -0.3 is 5.32 Å². The van der Waals surface area contributed by atoms with E-state index in [2.05, 4.69) is 10.0 Å². The number of benzene rings is 1. The van der Waals surface area contributed by atoms with Crippen LogP contribution in [-0.4, -0.2) is 27.5 Å². The van der Waals surface area contributed by atoms with Gasteiger partial charge in [-0.15, -0.1) is 0 Å². The van der Waals surface area contributed by atoms with Gasteiger partial charge in [0, 0.05) is 19.1 Å². The van der Waals surface area contributed by atoms with Gasteiger partial charge in [-0.25, -0.2) is 13.1 Å². The Morgan fingerprint density at radius 2 is 1.60 bits per heavy atom. The van der Waals surface area contributed by atoms with Crippen molar-refractivity contribution >= 4 is 10.0 Å². The van der Waals surface area contributed by atoms with Gasteiger partial charge in [0.05, 0.1) is 4.90 Å². The maximum absolute atomic E-state index is 12.0. The molecule has 0 amide bonds. The van der Waals surface area contributed by atoms with Crippen molar-refractivity contribution in [2.45, 2.75) is 49.5 Å². The van der Waals surface area contributed by atoms with Crippen LogP contribution in [-0.2, 0) is 10.0 Å². The SMILES string of the molecule is O=S(=O)(NCCNC1CCCCCC1)c1ccccc1. The van der Waals surface area contributed by atoms with Gasteiger partial charge in [-0.3, -0.25) is 0 Å². The van der Waals surface area contributed by atoms with Gasteiger partial charge in [-0.1, -0.05) is 43.9 Å². The summed E-state index contributed by atoms with van der Waals surface area (Å²) in [5.41, 5.74) is 0. The summed E-state index contributed by atoms with van der Waals surface area (Å²) in [6.07, 6.45) is 7.66. The third-order valence-electron chi connectivity index (χ3n) is 3.76. The molecular weight excluding hydrogens is 272 g/mol. The largest absolute Gasteiger partial charge is 0.313 e. The molecule has 2 rings (SSSR count). The molecule has 0 unspecified atom stereocenters. The van der Waals surface area contributed by atoms with Crippen LogP contribution in [0.4, 0.5) is 0 Å². The Bertz CT molecular complexity index is 480. The van der Waals surface area contributed by atoms with Crippen molar-refractivity contribution in [1.82, 2.24) is 10.0 Å². The normalized spacial score (nSPS) is 17.8. The van der Waals surface area contributed by atoms with Crippen LogP contribution < -0.4 is 10.0 Å². The summed E-state index contributed by atoms with van der Waals surface area (Å²) >= 11 is 0. The van der Waals surface area contributed by atoms with Gasteiger partial charge in [-0.05, 0) is 25.0 Å². The van der Waals surface area contributed by atoms with Crippen molar-refractivity contribution in [2.24, 2.45) is 0 Å². The van der Waals surface area contributed by atoms with Crippen LogP contribution >= 0.6 is 0 Å². The summed E-state index contributed by atoms with van der Waals surface area (Å²) in [7, 11) is -3.36. The van der Waals surface area contributed by atoms with Crippen LogP contribution in [0.2, 0.25) is 0 Å². The molecule has 0 saturated heterocycles. The van der Waals surface area contributed by atoms with Gasteiger partial charge in [-0.2, -0.15) is 0 Å². The summed E-state index contributed by atoms with van der Waals surface area (Å²) in [4.78, 5) is 0.328. The Kier molecular flexibility index (Phi) is 6.01. The molecular formula is C15H24N2O2S. The van der Waals surface area contributed by atoms with Crippen molar-refractivity contribution in [3.05, 3.63) is 30.3 Å². The fraction of sp³-hybridized carbons (Fsp3) is 0.600. The summed E-state index contributed by atoms with van der Waals surface area (Å²) in [5.74, 6) is 0. The van der Waals surface area contributed by atoms with Gasteiger partial charge >= 0.3 is 0 Å². The molecule has 1 fully saturated rings. The van der Waals surface area contributed by atoms with E-state index in [-0.39, 0.29) is 0 Å². The lowest BCUT2D eigenvalue weighted by Crippen LogP contribution is -2.36. The first-order chi connectivity index (χ1) is 9.68. The summed E-state index contributed by atoms with van der Waals surface area (Å²) in [6.45, 7) is 1.13. The molecule has 0 bridgehead atoms. The maximum Gasteiger partial charge on any atom is 0.240 e. The second-order valence-corrected chi connectivity index (χ2v) is 7.12. The number of nitrogens with one attached hydrogen (secondary N) is 2. The molecule has 5 heteroatoms. The van der Waals surface area contributed by atoms with Crippen LogP contribution in [0.25, 0.3) is 0 Å². The topological polar surface area (TPSA) is 58.2 Å². The van der Waals surface area contributed by atoms with E-state index in [0.29, 0.717) is 24.0 Å². The Labute approximate surface area is 122 Å². The van der Waals surface area contributed by atoms with E-state index < -0.39 is 10.0 Å². The van der Waals surface area contributed by atoms with Crippen molar-refractivity contribution in [1.29, 1.82) is 0 Å². The molecule has 1 saturated carbocycles. The van der Waals surface area contributed by atoms with Gasteiger partial charge in [0.2, 0.25) is 10.0 Å². The standard InChI is InChI=1S/C15H24N2O2S/c18-20(19,15-10-6-3-7-11-15)17-13-12-16-14-8-4-1-2-5-9-14/h3,6-7,10-11,14,16-17H,1-2,4-5,8-9,12-13H2. The monoisotopic (exact) mass is 296 g/mol. The zero-order valence-corrected chi connectivity index (χ0v) is 12.7. The molecule has 0 spiro atoms. The maximum atomic E-state index is 12.0. The predicted molar refractivity (Wildman–Crippen MR) is 81.1 cm³/mol. The van der Waals surface area contributed by atoms with Gasteiger partial charge in [0.15, 0.2) is 0 Å². The number of rotatable bonds is 6. The fourth-order valence-electron chi connectivity index (χ4n) is 2.63.